The van der Waals surface area contributed by atoms with Crippen LogP contribution >= 0.6 is 11.6 Å². The lowest BCUT2D eigenvalue weighted by atomic mass is 10.4. The number of halogens is 1. The van der Waals surface area contributed by atoms with E-state index in [1.807, 2.05) is 0 Å². The van der Waals surface area contributed by atoms with Gasteiger partial charge in [-0.25, -0.2) is 14.8 Å². The Morgan fingerprint density at radius 2 is 2.29 bits per heavy atom. The molecule has 0 amide bonds. The van der Waals surface area contributed by atoms with Crippen LogP contribution in [0.4, 0.5) is 5.69 Å². The van der Waals surface area contributed by atoms with Gasteiger partial charge in [-0.15, -0.1) is 5.10 Å². The number of nitrogens with zero attached hydrogens (tertiary/aromatic N) is 4. The minimum atomic E-state index is -0.628. The Labute approximate surface area is 101 Å². The average Bonchev–Trinajstić information content (AvgIpc) is 2.77. The molecular formula is C9H8ClN5O2. The molecule has 7 nitrogen and oxygen atoms in total. The van der Waals surface area contributed by atoms with Crippen molar-refractivity contribution in [2.24, 2.45) is 0 Å². The predicted octanol–water partition coefficient (Wildman–Crippen LogP) is 0.685. The fourth-order valence-electron chi connectivity index (χ4n) is 1.19. The monoisotopic (exact) mass is 253 g/mol. The summed E-state index contributed by atoms with van der Waals surface area (Å²) in [6.45, 7) is 0. The fraction of sp³-hybridized carbons (Fsp3) is 0.111. The summed E-state index contributed by atoms with van der Waals surface area (Å²) in [6, 6.07) is 1.53. The lowest BCUT2D eigenvalue weighted by Gasteiger charge is -2.03. The maximum Gasteiger partial charge on any atom is 0.377 e. The van der Waals surface area contributed by atoms with Crippen LogP contribution < -0.4 is 5.73 Å². The number of hydrogen-bond donors (Lipinski definition) is 1. The van der Waals surface area contributed by atoms with Crippen LogP contribution in [0.15, 0.2) is 18.6 Å². The first-order valence-corrected chi connectivity index (χ1v) is 4.91. The summed E-state index contributed by atoms with van der Waals surface area (Å²) in [6.07, 6.45) is 2.74. The third-order valence-corrected chi connectivity index (χ3v) is 2.15. The van der Waals surface area contributed by atoms with Crippen LogP contribution in [-0.4, -0.2) is 32.8 Å². The summed E-state index contributed by atoms with van der Waals surface area (Å²) < 4.78 is 5.76. The minimum Gasteiger partial charge on any atom is -0.463 e. The molecule has 0 spiro atoms. The second-order valence-corrected chi connectivity index (χ2v) is 3.51. The highest BCUT2D eigenvalue weighted by atomic mass is 35.5. The van der Waals surface area contributed by atoms with Gasteiger partial charge in [0, 0.05) is 6.20 Å². The van der Waals surface area contributed by atoms with Gasteiger partial charge in [0.1, 0.15) is 6.33 Å². The molecule has 2 N–H and O–H groups in total. The van der Waals surface area contributed by atoms with Crippen molar-refractivity contribution < 1.29 is 9.53 Å². The Morgan fingerprint density at radius 1 is 1.53 bits per heavy atom. The summed E-state index contributed by atoms with van der Waals surface area (Å²) in [5.41, 5.74) is 6.05. The van der Waals surface area contributed by atoms with Gasteiger partial charge in [-0.05, 0) is 6.07 Å². The highest BCUT2D eigenvalue weighted by Crippen LogP contribution is 2.17. The Morgan fingerprint density at radius 3 is 2.94 bits per heavy atom. The second kappa shape index (κ2) is 4.38. The first kappa shape index (κ1) is 11.3. The standard InChI is InChI=1S/C9H8ClN5O2/c1-17-9(16)7-13-4-15(14-7)8-6(11)2-5(10)3-12-8/h2-4H,11H2,1H3. The molecule has 2 heterocycles. The van der Waals surface area contributed by atoms with E-state index in [0.717, 1.165) is 0 Å². The maximum absolute atomic E-state index is 11.2. The third-order valence-electron chi connectivity index (χ3n) is 1.94. The third kappa shape index (κ3) is 2.18. The first-order chi connectivity index (χ1) is 8.11. The van der Waals surface area contributed by atoms with Crippen molar-refractivity contribution in [3.05, 3.63) is 29.4 Å². The molecule has 0 atom stereocenters. The zero-order valence-corrected chi connectivity index (χ0v) is 9.55. The SMILES string of the molecule is COC(=O)c1ncn(-c2ncc(Cl)cc2N)n1. The van der Waals surface area contributed by atoms with Gasteiger partial charge in [0.05, 0.1) is 17.8 Å². The van der Waals surface area contributed by atoms with Gasteiger partial charge >= 0.3 is 5.97 Å². The Hall–Kier alpha value is -2.15. The number of ether oxygens (including phenoxy) is 1. The first-order valence-electron chi connectivity index (χ1n) is 4.53. The number of carbonyl (C=O) groups excluding carboxylic acids is 1. The van der Waals surface area contributed by atoms with E-state index in [1.165, 1.54) is 30.4 Å². The number of aromatic nitrogens is 4. The molecule has 88 valence electrons. The van der Waals surface area contributed by atoms with Crippen LogP contribution in [-0.2, 0) is 4.74 Å². The van der Waals surface area contributed by atoms with E-state index in [4.69, 9.17) is 17.3 Å². The predicted molar refractivity (Wildman–Crippen MR) is 59.9 cm³/mol. The van der Waals surface area contributed by atoms with E-state index in [0.29, 0.717) is 16.5 Å². The molecule has 0 aliphatic rings. The van der Waals surface area contributed by atoms with Crippen molar-refractivity contribution in [1.82, 2.24) is 19.7 Å². The fourth-order valence-corrected chi connectivity index (χ4v) is 1.36. The topological polar surface area (TPSA) is 95.9 Å². The zero-order valence-electron chi connectivity index (χ0n) is 8.79. The molecule has 0 aliphatic heterocycles. The van der Waals surface area contributed by atoms with Crippen LogP contribution in [0.25, 0.3) is 5.82 Å². The van der Waals surface area contributed by atoms with Gasteiger partial charge in [-0.1, -0.05) is 11.6 Å². The summed E-state index contributed by atoms with van der Waals surface area (Å²) in [5.74, 6) is -0.350. The van der Waals surface area contributed by atoms with E-state index in [1.54, 1.807) is 0 Å². The highest BCUT2D eigenvalue weighted by molar-refractivity contribution is 6.30. The van der Waals surface area contributed by atoms with E-state index >= 15 is 0 Å². The lowest BCUT2D eigenvalue weighted by molar-refractivity contribution is 0.0587. The molecule has 0 bridgehead atoms. The molecule has 0 saturated heterocycles. The van der Waals surface area contributed by atoms with Gasteiger partial charge in [0.25, 0.3) is 5.82 Å². The molecule has 0 aliphatic carbocycles. The molecule has 0 fully saturated rings. The molecule has 0 radical (unpaired) electrons. The van der Waals surface area contributed by atoms with Crippen molar-refractivity contribution in [2.75, 3.05) is 12.8 Å². The number of hydrogen-bond acceptors (Lipinski definition) is 6. The highest BCUT2D eigenvalue weighted by Gasteiger charge is 2.13. The lowest BCUT2D eigenvalue weighted by Crippen LogP contribution is -2.07. The quantitative estimate of drug-likeness (QED) is 0.791. The normalized spacial score (nSPS) is 10.2. The number of rotatable bonds is 2. The largest absolute Gasteiger partial charge is 0.463 e. The van der Waals surface area contributed by atoms with Gasteiger partial charge in [0.2, 0.25) is 0 Å². The number of pyridine rings is 1. The number of methoxy groups -OCH3 is 1. The van der Waals surface area contributed by atoms with Gasteiger partial charge in [-0.3, -0.25) is 0 Å². The zero-order chi connectivity index (χ0) is 12.4. The summed E-state index contributed by atoms with van der Waals surface area (Å²) in [4.78, 5) is 18.9. The number of nitrogens with two attached hydrogens (primary N) is 1. The van der Waals surface area contributed by atoms with Gasteiger partial charge < -0.3 is 10.5 Å². The number of anilines is 1. The van der Waals surface area contributed by atoms with E-state index in [2.05, 4.69) is 19.8 Å². The number of esters is 1. The van der Waals surface area contributed by atoms with Crippen LogP contribution in [0.5, 0.6) is 0 Å². The molecule has 0 saturated carbocycles. The maximum atomic E-state index is 11.2. The van der Waals surface area contributed by atoms with Crippen molar-refractivity contribution in [2.45, 2.75) is 0 Å². The van der Waals surface area contributed by atoms with E-state index < -0.39 is 5.97 Å². The molecule has 0 unspecified atom stereocenters. The van der Waals surface area contributed by atoms with E-state index in [9.17, 15) is 4.79 Å². The second-order valence-electron chi connectivity index (χ2n) is 3.07. The van der Waals surface area contributed by atoms with Crippen molar-refractivity contribution >= 4 is 23.3 Å². The van der Waals surface area contributed by atoms with Crippen LogP contribution in [0.1, 0.15) is 10.6 Å². The van der Waals surface area contributed by atoms with Crippen molar-refractivity contribution in [1.29, 1.82) is 0 Å². The van der Waals surface area contributed by atoms with Gasteiger partial charge in [0.15, 0.2) is 5.82 Å². The summed E-state index contributed by atoms with van der Waals surface area (Å²) >= 11 is 5.72. The number of carbonyl (C=O) groups is 1. The van der Waals surface area contributed by atoms with Crippen LogP contribution in [0, 0.1) is 0 Å². The van der Waals surface area contributed by atoms with E-state index in [-0.39, 0.29) is 5.82 Å². The minimum absolute atomic E-state index is 0.0661. The van der Waals surface area contributed by atoms with Gasteiger partial charge in [-0.2, -0.15) is 4.68 Å². The van der Waals surface area contributed by atoms with Crippen LogP contribution in [0.2, 0.25) is 5.02 Å². The smallest absolute Gasteiger partial charge is 0.377 e. The Kier molecular flexibility index (Phi) is 2.92. The molecular weight excluding hydrogens is 246 g/mol. The molecule has 2 rings (SSSR count). The molecule has 0 aromatic carbocycles. The molecule has 8 heteroatoms. The molecule has 17 heavy (non-hydrogen) atoms. The Balaban J connectivity index is 2.40. The Bertz CT molecular complexity index is 568. The molecule has 2 aromatic rings. The number of nitrogen functional groups attached to an aromatic ring is 1. The summed E-state index contributed by atoms with van der Waals surface area (Å²) in [5, 5.41) is 4.30. The summed E-state index contributed by atoms with van der Waals surface area (Å²) in [7, 11) is 1.25. The molecule has 2 aromatic heterocycles. The average molecular weight is 254 g/mol. The van der Waals surface area contributed by atoms with Crippen molar-refractivity contribution in [3.8, 4) is 5.82 Å². The van der Waals surface area contributed by atoms with Crippen molar-refractivity contribution in [3.63, 3.8) is 0 Å². The van der Waals surface area contributed by atoms with Crippen LogP contribution in [0.3, 0.4) is 0 Å².